The van der Waals surface area contributed by atoms with Gasteiger partial charge in [-0.05, 0) is 18.1 Å². The van der Waals surface area contributed by atoms with E-state index in [0.717, 1.165) is 26.2 Å². The van der Waals surface area contributed by atoms with E-state index in [9.17, 15) is 13.2 Å². The molecule has 1 aliphatic heterocycles. The van der Waals surface area contributed by atoms with Gasteiger partial charge in [0.05, 0.1) is 9.52 Å². The fraction of sp³-hybridized carbons (Fsp3) is 0.0690. The maximum atomic E-state index is 12.9. The van der Waals surface area contributed by atoms with Crippen molar-refractivity contribution in [2.45, 2.75) is 13.1 Å². The minimum absolute atomic E-state index is 0.588. The van der Waals surface area contributed by atoms with E-state index in [1.807, 2.05) is 49.4 Å². The molecule has 0 saturated carbocycles. The molecule has 2 radical (unpaired) electrons. The number of hydrogen-bond acceptors (Lipinski definition) is 0. The van der Waals surface area contributed by atoms with Crippen LogP contribution in [0.1, 0.15) is 11.1 Å². The van der Waals surface area contributed by atoms with Gasteiger partial charge in [-0.1, -0.05) is 76.5 Å². The summed E-state index contributed by atoms with van der Waals surface area (Å²) in [6.07, 6.45) is -4.30. The van der Waals surface area contributed by atoms with Crippen LogP contribution in [0.5, 0.6) is 0 Å². The third-order valence-electron chi connectivity index (χ3n) is 5.82. The number of fused-ring (bicyclic) bond motifs is 4. The van der Waals surface area contributed by atoms with E-state index < -0.39 is 32.6 Å². The molecule has 0 spiro atoms. The maximum absolute atomic E-state index is 12.9. The molecule has 0 bridgehead atoms. The predicted octanol–water partition coefficient (Wildman–Crippen LogP) is 8.05. The van der Waals surface area contributed by atoms with Crippen LogP contribution in [0, 0.1) is 13.0 Å². The zero-order chi connectivity index (χ0) is 25.7. The van der Waals surface area contributed by atoms with E-state index in [1.54, 1.807) is 6.07 Å². The summed E-state index contributed by atoms with van der Waals surface area (Å²) in [4.78, 5) is 0. The summed E-state index contributed by atoms with van der Waals surface area (Å²) in [5.74, 6) is 0. The Morgan fingerprint density at radius 2 is 1.53 bits per heavy atom. The van der Waals surface area contributed by atoms with Gasteiger partial charge in [0.2, 0.25) is 0 Å². The molecule has 7 heteroatoms. The first-order chi connectivity index (χ1) is 17.3. The van der Waals surface area contributed by atoms with E-state index in [1.165, 1.54) is 33.6 Å². The number of aryl methyl sites for hydroxylation is 1. The number of hydrogen-bond donors (Lipinski definition) is 0. The number of rotatable bonds is 1. The monoisotopic (exact) mass is 612 g/mol. The molecule has 0 amide bonds. The first-order valence-corrected chi connectivity index (χ1v) is 18.3. The van der Waals surface area contributed by atoms with Crippen LogP contribution in [0.15, 0.2) is 97.1 Å². The molecule has 5 aromatic rings. The smallest absolute Gasteiger partial charge is 0.0920 e. The van der Waals surface area contributed by atoms with Crippen LogP contribution >= 0.6 is 17.0 Å². The Morgan fingerprint density at radius 3 is 2.25 bits per heavy atom. The van der Waals surface area contributed by atoms with Crippen molar-refractivity contribution in [2.24, 2.45) is 0 Å². The van der Waals surface area contributed by atoms with Crippen LogP contribution in [-0.2, 0) is 27.0 Å². The van der Waals surface area contributed by atoms with Crippen LogP contribution in [-0.4, -0.2) is 9.52 Å². The Balaban J connectivity index is 0.000000163. The van der Waals surface area contributed by atoms with Gasteiger partial charge in [-0.15, -0.1) is 34.5 Å². The average Bonchev–Trinajstić information content (AvgIpc) is 3.47. The van der Waals surface area contributed by atoms with E-state index in [4.69, 9.17) is 17.0 Å². The number of halogens is 5. The largest absolute Gasteiger partial charge is 0.184 e. The van der Waals surface area contributed by atoms with Crippen molar-refractivity contribution in [1.82, 2.24) is 0 Å². The normalized spacial score (nSPS) is 11.4. The van der Waals surface area contributed by atoms with Gasteiger partial charge in [-0.25, -0.2) is 0 Å². The Hall–Kier alpha value is -2.04. The molecular weight excluding hydrogens is 596 g/mol. The van der Waals surface area contributed by atoms with Gasteiger partial charge in [0.1, 0.15) is 0 Å². The Morgan fingerprint density at radius 1 is 0.861 bits per heavy atom. The SMILES string of the molecule is Cc1ccc2[cH-]c(C(F)(F)F)cc2c1-c1ccccc1.[Cl][Zr+2][Cl].[c-]1cccc2c1[Si]c1ccccc1-2. The second-order valence-electron chi connectivity index (χ2n) is 8.07. The van der Waals surface area contributed by atoms with Gasteiger partial charge in [-0.3, -0.25) is 0 Å². The molecule has 0 aromatic heterocycles. The molecule has 178 valence electrons. The topological polar surface area (TPSA) is 0 Å². The standard InChI is InChI=1S/C17H12F3.C12H7Si.2ClH.Zr/c1-11-7-8-13-9-14(17(18,19)20)10-15(13)16(11)12-5-3-2-4-6-12;1-3-7-11-9(5-1)10-6-2-4-8-12(10)13-11;;;/h2-10H,1H3;1-7H;2*1H;/q2*-1;;;+4/p-2. The van der Waals surface area contributed by atoms with Crippen LogP contribution < -0.4 is 10.4 Å². The zero-order valence-electron chi connectivity index (χ0n) is 19.1. The Kier molecular flexibility index (Phi) is 9.00. The molecule has 0 nitrogen and oxygen atoms in total. The minimum atomic E-state index is -4.30. The van der Waals surface area contributed by atoms with Crippen molar-refractivity contribution < 1.29 is 34.0 Å². The summed E-state index contributed by atoms with van der Waals surface area (Å²) in [5, 5.41) is 4.11. The molecule has 0 aliphatic carbocycles. The summed E-state index contributed by atoms with van der Waals surface area (Å²) in [7, 11) is 10.7. The quantitative estimate of drug-likeness (QED) is 0.130. The summed E-state index contributed by atoms with van der Waals surface area (Å²) in [5.41, 5.74) is 4.97. The third kappa shape index (κ3) is 6.08. The van der Waals surface area contributed by atoms with Gasteiger partial charge in [-0.2, -0.15) is 48.7 Å². The molecule has 0 atom stereocenters. The van der Waals surface area contributed by atoms with Gasteiger partial charge in [0.25, 0.3) is 0 Å². The van der Waals surface area contributed by atoms with Gasteiger partial charge in [0.15, 0.2) is 0 Å². The first kappa shape index (κ1) is 27.0. The van der Waals surface area contributed by atoms with Crippen molar-refractivity contribution in [3.63, 3.8) is 0 Å². The molecule has 0 saturated heterocycles. The third-order valence-corrected chi connectivity index (χ3v) is 7.19. The first-order valence-electron chi connectivity index (χ1n) is 11.0. The second-order valence-corrected chi connectivity index (χ2v) is 13.1. The van der Waals surface area contributed by atoms with Gasteiger partial charge >= 0.3 is 44.1 Å². The molecular formula is C29H19Cl2F3SiZr. The Labute approximate surface area is 229 Å². The average molecular weight is 615 g/mol. The van der Waals surface area contributed by atoms with Crippen LogP contribution in [0.4, 0.5) is 13.2 Å². The predicted molar refractivity (Wildman–Crippen MR) is 142 cm³/mol. The van der Waals surface area contributed by atoms with E-state index in [2.05, 4.69) is 42.5 Å². The van der Waals surface area contributed by atoms with Crippen molar-refractivity contribution in [1.29, 1.82) is 0 Å². The van der Waals surface area contributed by atoms with Crippen molar-refractivity contribution >= 4 is 47.7 Å². The molecule has 5 aromatic carbocycles. The molecule has 0 fully saturated rings. The molecule has 6 rings (SSSR count). The van der Waals surface area contributed by atoms with E-state index in [0.29, 0.717) is 10.8 Å². The Bertz CT molecular complexity index is 1420. The van der Waals surface area contributed by atoms with Crippen molar-refractivity contribution in [3.05, 3.63) is 114 Å². The summed E-state index contributed by atoms with van der Waals surface area (Å²) < 4.78 is 38.6. The van der Waals surface area contributed by atoms with Crippen LogP contribution in [0.3, 0.4) is 0 Å². The second kappa shape index (κ2) is 12.0. The van der Waals surface area contributed by atoms with Crippen LogP contribution in [0.2, 0.25) is 0 Å². The van der Waals surface area contributed by atoms with Crippen LogP contribution in [0.25, 0.3) is 33.0 Å². The number of benzene rings is 4. The van der Waals surface area contributed by atoms with Gasteiger partial charge < -0.3 is 0 Å². The van der Waals surface area contributed by atoms with E-state index in [-0.39, 0.29) is 0 Å². The fourth-order valence-corrected chi connectivity index (χ4v) is 5.58. The summed E-state index contributed by atoms with van der Waals surface area (Å²) in [6, 6.07) is 33.7. The minimum Gasteiger partial charge on any atom is -0.184 e. The van der Waals surface area contributed by atoms with Crippen molar-refractivity contribution in [2.75, 3.05) is 0 Å². The molecule has 0 N–H and O–H groups in total. The fourth-order valence-electron chi connectivity index (χ4n) is 4.27. The van der Waals surface area contributed by atoms with E-state index >= 15 is 0 Å². The summed E-state index contributed by atoms with van der Waals surface area (Å²) in [6.45, 7) is 1.92. The molecule has 1 heterocycles. The van der Waals surface area contributed by atoms with Crippen molar-refractivity contribution in [3.8, 4) is 22.3 Å². The molecule has 1 aliphatic rings. The molecule has 36 heavy (non-hydrogen) atoms. The molecule has 0 unspecified atom stereocenters. The number of alkyl halides is 3. The maximum Gasteiger partial charge on any atom is 0.0920 e. The summed E-state index contributed by atoms with van der Waals surface area (Å²) >= 11 is -0.826. The zero-order valence-corrected chi connectivity index (χ0v) is 24.1. The van der Waals surface area contributed by atoms with Gasteiger partial charge in [0, 0.05) is 0 Å².